The summed E-state index contributed by atoms with van der Waals surface area (Å²) in [5.41, 5.74) is 0.803. The fraction of sp³-hybridized carbons (Fsp3) is 0.429. The van der Waals surface area contributed by atoms with E-state index in [2.05, 4.69) is 10.3 Å². The number of hydrogen-bond acceptors (Lipinski definition) is 4. The van der Waals surface area contributed by atoms with Crippen LogP contribution in [0.3, 0.4) is 0 Å². The maximum absolute atomic E-state index is 11.4. The van der Waals surface area contributed by atoms with Crippen molar-refractivity contribution in [1.29, 1.82) is 0 Å². The molecule has 1 atom stereocenters. The molecule has 106 valence electrons. The van der Waals surface area contributed by atoms with Crippen LogP contribution in [-0.2, 0) is 4.74 Å². The van der Waals surface area contributed by atoms with Crippen LogP contribution in [0.4, 0.5) is 5.82 Å². The number of carboxylic acid groups (broad SMARTS) is 1. The number of carbonyl (C=O) groups is 1. The van der Waals surface area contributed by atoms with Gasteiger partial charge in [0.05, 0.1) is 6.10 Å². The van der Waals surface area contributed by atoms with Crippen molar-refractivity contribution in [3.05, 3.63) is 30.1 Å². The molecule has 2 aromatic rings. The Morgan fingerprint density at radius 1 is 1.55 bits per heavy atom. The number of nitrogens with one attached hydrogen (secondary N) is 1. The van der Waals surface area contributed by atoms with Gasteiger partial charge in [0.2, 0.25) is 0 Å². The van der Waals surface area contributed by atoms with Crippen LogP contribution in [0.2, 0.25) is 0 Å². The molecule has 20 heavy (non-hydrogen) atoms. The quantitative estimate of drug-likeness (QED) is 0.873. The summed E-state index contributed by atoms with van der Waals surface area (Å²) in [6.07, 6.45) is 5.05. The second-order valence-electron chi connectivity index (χ2n) is 4.89. The molecule has 0 spiro atoms. The minimum absolute atomic E-state index is 0.174. The molecule has 2 N–H and O–H groups in total. The molecule has 3 rings (SSSR count). The fourth-order valence-corrected chi connectivity index (χ4v) is 2.55. The normalized spacial score (nSPS) is 18.5. The van der Waals surface area contributed by atoms with Crippen LogP contribution in [0.25, 0.3) is 5.65 Å². The third-order valence-electron chi connectivity index (χ3n) is 3.52. The highest BCUT2D eigenvalue weighted by atomic mass is 16.5. The van der Waals surface area contributed by atoms with Crippen LogP contribution in [0.15, 0.2) is 24.4 Å². The van der Waals surface area contributed by atoms with Crippen molar-refractivity contribution in [1.82, 2.24) is 9.38 Å². The number of rotatable bonds is 5. The second-order valence-corrected chi connectivity index (χ2v) is 4.89. The summed E-state index contributed by atoms with van der Waals surface area (Å²) in [6, 6.07) is 5.42. The molecule has 1 aliphatic rings. The lowest BCUT2D eigenvalue weighted by Crippen LogP contribution is -2.14. The average Bonchev–Trinajstić information content (AvgIpc) is 3.05. The molecule has 0 aromatic carbocycles. The Hall–Kier alpha value is -2.08. The van der Waals surface area contributed by atoms with Crippen molar-refractivity contribution >= 4 is 17.4 Å². The van der Waals surface area contributed by atoms with E-state index in [0.717, 1.165) is 25.9 Å². The topological polar surface area (TPSA) is 75.9 Å². The molecule has 1 saturated heterocycles. The lowest BCUT2D eigenvalue weighted by molar-refractivity contribution is 0.0690. The third kappa shape index (κ3) is 2.46. The highest BCUT2D eigenvalue weighted by molar-refractivity contribution is 5.92. The number of imidazole rings is 1. The molecule has 1 aliphatic heterocycles. The zero-order chi connectivity index (χ0) is 13.9. The highest BCUT2D eigenvalue weighted by Gasteiger charge is 2.19. The first kappa shape index (κ1) is 12.9. The van der Waals surface area contributed by atoms with Gasteiger partial charge in [-0.1, -0.05) is 6.07 Å². The molecule has 1 unspecified atom stereocenters. The molecular weight excluding hydrogens is 258 g/mol. The first-order valence-electron chi connectivity index (χ1n) is 6.81. The average molecular weight is 275 g/mol. The Kier molecular flexibility index (Phi) is 3.56. The van der Waals surface area contributed by atoms with Gasteiger partial charge >= 0.3 is 5.97 Å². The summed E-state index contributed by atoms with van der Waals surface area (Å²) in [4.78, 5) is 15.7. The third-order valence-corrected chi connectivity index (χ3v) is 3.52. The van der Waals surface area contributed by atoms with Crippen molar-refractivity contribution < 1.29 is 14.6 Å². The van der Waals surface area contributed by atoms with E-state index in [9.17, 15) is 9.90 Å². The van der Waals surface area contributed by atoms with E-state index in [-0.39, 0.29) is 11.8 Å². The molecule has 1 fully saturated rings. The van der Waals surface area contributed by atoms with Crippen molar-refractivity contribution in [3.63, 3.8) is 0 Å². The van der Waals surface area contributed by atoms with Gasteiger partial charge in [-0.2, -0.15) is 0 Å². The van der Waals surface area contributed by atoms with Gasteiger partial charge in [0.25, 0.3) is 0 Å². The molecule has 0 radical (unpaired) electrons. The number of hydrogen-bond donors (Lipinski definition) is 2. The molecule has 0 bridgehead atoms. The van der Waals surface area contributed by atoms with Gasteiger partial charge in [0.1, 0.15) is 5.65 Å². The first-order valence-corrected chi connectivity index (χ1v) is 6.81. The molecule has 6 nitrogen and oxygen atoms in total. The number of nitrogens with zero attached hydrogens (tertiary/aromatic N) is 2. The van der Waals surface area contributed by atoms with Crippen LogP contribution < -0.4 is 5.32 Å². The molecule has 0 amide bonds. The molecule has 2 aromatic heterocycles. The Labute approximate surface area is 116 Å². The Bertz CT molecular complexity index is 617. The van der Waals surface area contributed by atoms with E-state index in [0.29, 0.717) is 18.0 Å². The number of pyridine rings is 1. The number of anilines is 1. The van der Waals surface area contributed by atoms with E-state index in [1.807, 2.05) is 6.07 Å². The van der Waals surface area contributed by atoms with E-state index in [1.54, 1.807) is 22.7 Å². The predicted molar refractivity (Wildman–Crippen MR) is 74.2 cm³/mol. The van der Waals surface area contributed by atoms with Gasteiger partial charge in [-0.25, -0.2) is 9.78 Å². The lowest BCUT2D eigenvalue weighted by Gasteiger charge is -2.09. The molecule has 0 aliphatic carbocycles. The summed E-state index contributed by atoms with van der Waals surface area (Å²) >= 11 is 0. The Morgan fingerprint density at radius 2 is 2.45 bits per heavy atom. The zero-order valence-electron chi connectivity index (χ0n) is 11.1. The molecule has 0 saturated carbocycles. The van der Waals surface area contributed by atoms with E-state index in [4.69, 9.17) is 4.74 Å². The lowest BCUT2D eigenvalue weighted by atomic mass is 10.2. The standard InChI is InChI=1S/C14H17N3O3/c18-14(19)12-13(15-7-6-10-4-3-9-20-10)16-11-5-1-2-8-17(11)12/h1-2,5,8,10,15H,3-4,6-7,9H2,(H,18,19). The Balaban J connectivity index is 1.76. The summed E-state index contributed by atoms with van der Waals surface area (Å²) < 4.78 is 7.13. The monoisotopic (exact) mass is 275 g/mol. The number of fused-ring (bicyclic) bond motifs is 1. The van der Waals surface area contributed by atoms with Crippen LogP contribution in [-0.4, -0.2) is 39.7 Å². The summed E-state index contributed by atoms with van der Waals surface area (Å²) in [5.74, 6) is -0.565. The van der Waals surface area contributed by atoms with Gasteiger partial charge < -0.3 is 15.2 Å². The van der Waals surface area contributed by atoms with Gasteiger partial charge in [-0.05, 0) is 31.4 Å². The minimum Gasteiger partial charge on any atom is -0.476 e. The number of ether oxygens (including phenoxy) is 1. The first-order chi connectivity index (χ1) is 9.75. The second kappa shape index (κ2) is 5.50. The van der Waals surface area contributed by atoms with E-state index in [1.165, 1.54) is 0 Å². The molecule has 6 heteroatoms. The van der Waals surface area contributed by atoms with Crippen LogP contribution in [0, 0.1) is 0 Å². The minimum atomic E-state index is -0.983. The van der Waals surface area contributed by atoms with Crippen LogP contribution in [0.1, 0.15) is 29.8 Å². The molecular formula is C14H17N3O3. The summed E-state index contributed by atoms with van der Waals surface area (Å²) in [5, 5.41) is 12.5. The van der Waals surface area contributed by atoms with Crippen molar-refractivity contribution in [2.24, 2.45) is 0 Å². The van der Waals surface area contributed by atoms with E-state index >= 15 is 0 Å². The molecule has 3 heterocycles. The van der Waals surface area contributed by atoms with Crippen molar-refractivity contribution in [3.8, 4) is 0 Å². The largest absolute Gasteiger partial charge is 0.476 e. The van der Waals surface area contributed by atoms with Gasteiger partial charge in [0, 0.05) is 19.3 Å². The summed E-state index contributed by atoms with van der Waals surface area (Å²) in [7, 11) is 0. The Morgan fingerprint density at radius 3 is 3.20 bits per heavy atom. The zero-order valence-corrected chi connectivity index (χ0v) is 11.1. The fourth-order valence-electron chi connectivity index (χ4n) is 2.55. The highest BCUT2D eigenvalue weighted by Crippen LogP contribution is 2.19. The van der Waals surface area contributed by atoms with Gasteiger partial charge in [-0.3, -0.25) is 4.40 Å². The van der Waals surface area contributed by atoms with Crippen LogP contribution >= 0.6 is 0 Å². The van der Waals surface area contributed by atoms with Gasteiger partial charge in [-0.15, -0.1) is 0 Å². The smallest absolute Gasteiger partial charge is 0.356 e. The number of aromatic carboxylic acids is 1. The predicted octanol–water partition coefficient (Wildman–Crippen LogP) is 2.01. The maximum Gasteiger partial charge on any atom is 0.356 e. The van der Waals surface area contributed by atoms with E-state index < -0.39 is 5.97 Å². The van der Waals surface area contributed by atoms with Crippen molar-refractivity contribution in [2.75, 3.05) is 18.5 Å². The SMILES string of the molecule is O=C(O)c1c(NCCC2CCCO2)nc2ccccn12. The van der Waals surface area contributed by atoms with Gasteiger partial charge in [0.15, 0.2) is 11.5 Å². The number of aromatic nitrogens is 2. The van der Waals surface area contributed by atoms with Crippen molar-refractivity contribution in [2.45, 2.75) is 25.4 Å². The van der Waals surface area contributed by atoms with Crippen LogP contribution in [0.5, 0.6) is 0 Å². The summed E-state index contributed by atoms with van der Waals surface area (Å²) in [6.45, 7) is 1.49. The number of carboxylic acids is 1. The maximum atomic E-state index is 11.4.